The highest BCUT2D eigenvalue weighted by Crippen LogP contribution is 2.23. The topological polar surface area (TPSA) is 54.0 Å². The van der Waals surface area contributed by atoms with E-state index < -0.39 is 0 Å². The van der Waals surface area contributed by atoms with Crippen molar-refractivity contribution in [2.75, 3.05) is 5.32 Å². The minimum Gasteiger partial charge on any atom is -0.367 e. The van der Waals surface area contributed by atoms with Crippen LogP contribution in [0.25, 0.3) is 0 Å². The molecule has 0 saturated heterocycles. The van der Waals surface area contributed by atoms with Gasteiger partial charge in [-0.15, -0.1) is 0 Å². The SMILES string of the molecule is O=C(CCc1ccc(F)cc1)NCc1ccnc(NC2CC2)c1. The van der Waals surface area contributed by atoms with E-state index in [1.807, 2.05) is 12.1 Å². The third kappa shape index (κ3) is 5.06. The fourth-order valence-electron chi connectivity index (χ4n) is 2.30. The number of aromatic nitrogens is 1. The second kappa shape index (κ2) is 7.22. The Morgan fingerprint density at radius 2 is 1.96 bits per heavy atom. The standard InChI is InChI=1S/C18H20FN3O/c19-15-4-1-13(2-5-15)3-8-18(23)21-12-14-9-10-20-17(11-14)22-16-6-7-16/h1-2,4-5,9-11,16H,3,6-8,12H2,(H,20,22)(H,21,23). The highest BCUT2D eigenvalue weighted by molar-refractivity contribution is 5.76. The van der Waals surface area contributed by atoms with Crippen LogP contribution < -0.4 is 10.6 Å². The van der Waals surface area contributed by atoms with Crippen LogP contribution in [0.2, 0.25) is 0 Å². The molecule has 23 heavy (non-hydrogen) atoms. The maximum absolute atomic E-state index is 12.8. The van der Waals surface area contributed by atoms with Crippen molar-refractivity contribution in [1.29, 1.82) is 0 Å². The molecule has 1 aliphatic carbocycles. The van der Waals surface area contributed by atoms with Gasteiger partial charge in [0.1, 0.15) is 11.6 Å². The van der Waals surface area contributed by atoms with Crippen molar-refractivity contribution in [3.8, 4) is 0 Å². The number of benzene rings is 1. The predicted molar refractivity (Wildman–Crippen MR) is 87.4 cm³/mol. The molecule has 1 aromatic carbocycles. The molecule has 0 unspecified atom stereocenters. The van der Waals surface area contributed by atoms with Crippen molar-refractivity contribution in [2.24, 2.45) is 0 Å². The summed E-state index contributed by atoms with van der Waals surface area (Å²) in [7, 11) is 0. The lowest BCUT2D eigenvalue weighted by Crippen LogP contribution is -2.23. The van der Waals surface area contributed by atoms with Crippen molar-refractivity contribution in [3.63, 3.8) is 0 Å². The number of rotatable bonds is 7. The van der Waals surface area contributed by atoms with Gasteiger partial charge >= 0.3 is 0 Å². The lowest BCUT2D eigenvalue weighted by atomic mass is 10.1. The van der Waals surface area contributed by atoms with Crippen LogP contribution in [0, 0.1) is 5.82 Å². The normalized spacial score (nSPS) is 13.6. The number of halogens is 1. The number of carbonyl (C=O) groups excluding carboxylic acids is 1. The van der Waals surface area contributed by atoms with Crippen LogP contribution in [0.3, 0.4) is 0 Å². The number of hydrogen-bond donors (Lipinski definition) is 2. The molecule has 5 heteroatoms. The summed E-state index contributed by atoms with van der Waals surface area (Å²) in [6, 6.07) is 10.7. The van der Waals surface area contributed by atoms with Crippen LogP contribution in [0.4, 0.5) is 10.2 Å². The van der Waals surface area contributed by atoms with Gasteiger partial charge in [0.05, 0.1) is 0 Å². The summed E-state index contributed by atoms with van der Waals surface area (Å²) in [4.78, 5) is 16.2. The zero-order chi connectivity index (χ0) is 16.1. The molecule has 0 aliphatic heterocycles. The van der Waals surface area contributed by atoms with Crippen molar-refractivity contribution < 1.29 is 9.18 Å². The van der Waals surface area contributed by atoms with Gasteiger partial charge < -0.3 is 10.6 Å². The summed E-state index contributed by atoms with van der Waals surface area (Å²) in [5.41, 5.74) is 1.99. The minimum atomic E-state index is -0.258. The van der Waals surface area contributed by atoms with Gasteiger partial charge in [-0.25, -0.2) is 9.37 Å². The number of aryl methyl sites for hydroxylation is 1. The summed E-state index contributed by atoms with van der Waals surface area (Å²) in [5.74, 6) is 0.597. The van der Waals surface area contributed by atoms with Gasteiger partial charge in [-0.1, -0.05) is 12.1 Å². The zero-order valence-electron chi connectivity index (χ0n) is 12.9. The maximum atomic E-state index is 12.8. The van der Waals surface area contributed by atoms with Crippen molar-refractivity contribution in [2.45, 2.75) is 38.3 Å². The summed E-state index contributed by atoms with van der Waals surface area (Å²) in [6.07, 6.45) is 5.16. The Hall–Kier alpha value is -2.43. The van der Waals surface area contributed by atoms with E-state index in [0.29, 0.717) is 25.4 Å². The minimum absolute atomic E-state index is 0.0113. The first-order valence-corrected chi connectivity index (χ1v) is 7.92. The van der Waals surface area contributed by atoms with Crippen molar-refractivity contribution >= 4 is 11.7 Å². The Labute approximate surface area is 135 Å². The monoisotopic (exact) mass is 313 g/mol. The molecule has 1 saturated carbocycles. The Kier molecular flexibility index (Phi) is 4.86. The Balaban J connectivity index is 1.44. The van der Waals surface area contributed by atoms with Crippen molar-refractivity contribution in [1.82, 2.24) is 10.3 Å². The van der Waals surface area contributed by atoms with Crippen LogP contribution in [0.15, 0.2) is 42.6 Å². The third-order valence-electron chi connectivity index (χ3n) is 3.80. The largest absolute Gasteiger partial charge is 0.367 e. The van der Waals surface area contributed by atoms with E-state index in [0.717, 1.165) is 16.9 Å². The molecular formula is C18H20FN3O. The third-order valence-corrected chi connectivity index (χ3v) is 3.80. The van der Waals surface area contributed by atoms with E-state index in [2.05, 4.69) is 15.6 Å². The number of anilines is 1. The van der Waals surface area contributed by atoms with Gasteiger partial charge in [0.25, 0.3) is 0 Å². The number of nitrogens with one attached hydrogen (secondary N) is 2. The first-order chi connectivity index (χ1) is 11.2. The first kappa shape index (κ1) is 15.5. The molecule has 1 amide bonds. The van der Waals surface area contributed by atoms with Crippen LogP contribution in [-0.4, -0.2) is 16.9 Å². The molecule has 4 nitrogen and oxygen atoms in total. The number of carbonyl (C=O) groups is 1. The molecule has 0 bridgehead atoms. The number of amides is 1. The molecular weight excluding hydrogens is 293 g/mol. The molecule has 0 radical (unpaired) electrons. The van der Waals surface area contributed by atoms with Gasteiger partial charge in [-0.3, -0.25) is 4.79 Å². The Bertz CT molecular complexity index is 668. The second-order valence-electron chi connectivity index (χ2n) is 5.87. The number of hydrogen-bond acceptors (Lipinski definition) is 3. The zero-order valence-corrected chi connectivity index (χ0v) is 12.9. The molecule has 2 N–H and O–H groups in total. The fourth-order valence-corrected chi connectivity index (χ4v) is 2.30. The summed E-state index contributed by atoms with van der Waals surface area (Å²) in [5, 5.41) is 6.25. The Morgan fingerprint density at radius 3 is 2.70 bits per heavy atom. The highest BCUT2D eigenvalue weighted by Gasteiger charge is 2.21. The fraction of sp³-hybridized carbons (Fsp3) is 0.333. The molecule has 2 aromatic rings. The second-order valence-corrected chi connectivity index (χ2v) is 5.87. The predicted octanol–water partition coefficient (Wildman–Crippen LogP) is 3.04. The lowest BCUT2D eigenvalue weighted by Gasteiger charge is -2.08. The lowest BCUT2D eigenvalue weighted by molar-refractivity contribution is -0.121. The van der Waals surface area contributed by atoms with Gasteiger partial charge in [-0.2, -0.15) is 0 Å². The molecule has 1 heterocycles. The average Bonchev–Trinajstić information content (AvgIpc) is 3.37. The molecule has 3 rings (SSSR count). The number of pyridine rings is 1. The number of nitrogens with zero attached hydrogens (tertiary/aromatic N) is 1. The van der Waals surface area contributed by atoms with E-state index in [9.17, 15) is 9.18 Å². The summed E-state index contributed by atoms with van der Waals surface area (Å²) < 4.78 is 12.8. The molecule has 120 valence electrons. The van der Waals surface area contributed by atoms with Gasteiger partial charge in [0.15, 0.2) is 0 Å². The van der Waals surface area contributed by atoms with Gasteiger partial charge in [-0.05, 0) is 54.7 Å². The van der Waals surface area contributed by atoms with Crippen LogP contribution in [0.5, 0.6) is 0 Å². The molecule has 1 fully saturated rings. The quantitative estimate of drug-likeness (QED) is 0.826. The summed E-state index contributed by atoms with van der Waals surface area (Å²) in [6.45, 7) is 0.490. The van der Waals surface area contributed by atoms with Crippen molar-refractivity contribution in [3.05, 3.63) is 59.5 Å². The van der Waals surface area contributed by atoms with E-state index >= 15 is 0 Å². The van der Waals surface area contributed by atoms with E-state index in [1.54, 1.807) is 18.3 Å². The maximum Gasteiger partial charge on any atom is 0.220 e. The molecule has 1 aromatic heterocycles. The molecule has 1 aliphatic rings. The van der Waals surface area contributed by atoms with Crippen LogP contribution in [0.1, 0.15) is 30.4 Å². The summed E-state index contributed by atoms with van der Waals surface area (Å²) >= 11 is 0. The van der Waals surface area contributed by atoms with Crippen LogP contribution >= 0.6 is 0 Å². The van der Waals surface area contributed by atoms with E-state index in [4.69, 9.17) is 0 Å². The highest BCUT2D eigenvalue weighted by atomic mass is 19.1. The van der Waals surface area contributed by atoms with E-state index in [1.165, 1.54) is 25.0 Å². The van der Waals surface area contributed by atoms with E-state index in [-0.39, 0.29) is 11.7 Å². The molecule has 0 atom stereocenters. The smallest absolute Gasteiger partial charge is 0.220 e. The van der Waals surface area contributed by atoms with Gasteiger partial charge in [0.2, 0.25) is 5.91 Å². The average molecular weight is 313 g/mol. The first-order valence-electron chi connectivity index (χ1n) is 7.92. The van der Waals surface area contributed by atoms with Gasteiger partial charge in [0, 0.05) is 25.2 Å². The van der Waals surface area contributed by atoms with Crippen LogP contribution in [-0.2, 0) is 17.8 Å². The molecule has 0 spiro atoms. The Morgan fingerprint density at radius 1 is 1.17 bits per heavy atom.